The third kappa shape index (κ3) is 2.82. The number of halogens is 2. The fourth-order valence-corrected chi connectivity index (χ4v) is 2.36. The largest absolute Gasteiger partial charge is 0.319 e. The zero-order chi connectivity index (χ0) is 13.9. The molecule has 2 aromatic carbocycles. The number of nitrogens with one attached hydrogen (secondary N) is 1. The third-order valence-electron chi connectivity index (χ3n) is 3.49. The van der Waals surface area contributed by atoms with Crippen LogP contribution in [0.1, 0.15) is 18.1 Å². The van der Waals surface area contributed by atoms with Crippen molar-refractivity contribution in [1.82, 2.24) is 5.32 Å². The minimum absolute atomic E-state index is 0.255. The predicted molar refractivity (Wildman–Crippen MR) is 73.2 cm³/mol. The average molecular weight is 261 g/mol. The molecule has 0 heterocycles. The highest BCUT2D eigenvalue weighted by Gasteiger charge is 2.28. The quantitative estimate of drug-likeness (QED) is 0.888. The Balaban J connectivity index is 2.47. The van der Waals surface area contributed by atoms with Gasteiger partial charge in [0.25, 0.3) is 0 Å². The molecule has 0 unspecified atom stereocenters. The molecule has 0 aliphatic rings. The van der Waals surface area contributed by atoms with Crippen LogP contribution in [0.3, 0.4) is 0 Å². The molecule has 0 amide bonds. The van der Waals surface area contributed by atoms with Crippen molar-refractivity contribution in [3.63, 3.8) is 0 Å². The molecule has 1 N–H and O–H groups in total. The van der Waals surface area contributed by atoms with Gasteiger partial charge in [0.05, 0.1) is 0 Å². The first kappa shape index (κ1) is 13.7. The minimum Gasteiger partial charge on any atom is -0.319 e. The number of benzene rings is 2. The first-order chi connectivity index (χ1) is 9.06. The summed E-state index contributed by atoms with van der Waals surface area (Å²) in [7, 11) is 1.87. The van der Waals surface area contributed by atoms with E-state index >= 15 is 0 Å². The van der Waals surface area contributed by atoms with E-state index in [2.05, 4.69) is 12.2 Å². The van der Waals surface area contributed by atoms with Crippen molar-refractivity contribution in [3.05, 3.63) is 71.3 Å². The van der Waals surface area contributed by atoms with Crippen LogP contribution in [0, 0.1) is 11.6 Å². The Bertz CT molecular complexity index is 486. The van der Waals surface area contributed by atoms with Gasteiger partial charge in [-0.15, -0.1) is 0 Å². The molecule has 0 aromatic heterocycles. The molecule has 0 aliphatic carbocycles. The Morgan fingerprint density at radius 1 is 0.842 bits per heavy atom. The number of hydrogen-bond donors (Lipinski definition) is 1. The summed E-state index contributed by atoms with van der Waals surface area (Å²) in [5.41, 5.74) is 1.67. The topological polar surface area (TPSA) is 12.0 Å². The van der Waals surface area contributed by atoms with Crippen molar-refractivity contribution in [2.75, 3.05) is 13.6 Å². The second-order valence-electron chi connectivity index (χ2n) is 4.88. The van der Waals surface area contributed by atoms with Gasteiger partial charge < -0.3 is 5.32 Å². The molecule has 0 bridgehead atoms. The van der Waals surface area contributed by atoms with Crippen LogP contribution in [0.15, 0.2) is 48.5 Å². The summed E-state index contributed by atoms with van der Waals surface area (Å²) in [6.45, 7) is 2.74. The number of likely N-dealkylation sites (N-methyl/N-ethyl adjacent to an activating group) is 1. The standard InChI is InChI=1S/C16H17F2N/c1-16(11-19-2,12-3-7-14(17)8-4-12)13-5-9-15(18)10-6-13/h3-10,19H,11H2,1-2H3. The third-order valence-corrected chi connectivity index (χ3v) is 3.49. The second-order valence-corrected chi connectivity index (χ2v) is 4.88. The van der Waals surface area contributed by atoms with Gasteiger partial charge in [0.1, 0.15) is 11.6 Å². The molecule has 100 valence electrons. The summed E-state index contributed by atoms with van der Waals surface area (Å²) >= 11 is 0. The van der Waals surface area contributed by atoms with E-state index in [1.807, 2.05) is 7.05 Å². The van der Waals surface area contributed by atoms with E-state index in [9.17, 15) is 8.78 Å². The SMILES string of the molecule is CNCC(C)(c1ccc(F)cc1)c1ccc(F)cc1. The Morgan fingerprint density at radius 2 is 1.21 bits per heavy atom. The van der Waals surface area contributed by atoms with E-state index < -0.39 is 0 Å². The van der Waals surface area contributed by atoms with Crippen molar-refractivity contribution in [3.8, 4) is 0 Å². The predicted octanol–water partition coefficient (Wildman–Crippen LogP) is 3.49. The van der Waals surface area contributed by atoms with Crippen LogP contribution in [0.2, 0.25) is 0 Å². The molecule has 0 saturated heterocycles. The second kappa shape index (κ2) is 5.49. The fourth-order valence-electron chi connectivity index (χ4n) is 2.36. The maximum atomic E-state index is 13.1. The van der Waals surface area contributed by atoms with Gasteiger partial charge in [-0.3, -0.25) is 0 Å². The van der Waals surface area contributed by atoms with Crippen LogP contribution in [0.4, 0.5) is 8.78 Å². The summed E-state index contributed by atoms with van der Waals surface area (Å²) in [6.07, 6.45) is 0. The summed E-state index contributed by atoms with van der Waals surface area (Å²) in [5, 5.41) is 3.15. The van der Waals surface area contributed by atoms with Crippen LogP contribution < -0.4 is 5.32 Å². The van der Waals surface area contributed by atoms with E-state index in [0.29, 0.717) is 6.54 Å². The van der Waals surface area contributed by atoms with Crippen LogP contribution >= 0.6 is 0 Å². The molecule has 2 rings (SSSR count). The van der Waals surface area contributed by atoms with Crippen LogP contribution in [-0.2, 0) is 5.41 Å². The van der Waals surface area contributed by atoms with Gasteiger partial charge in [-0.1, -0.05) is 31.2 Å². The molecule has 0 fully saturated rings. The molecule has 0 radical (unpaired) electrons. The molecule has 0 saturated carbocycles. The summed E-state index contributed by atoms with van der Waals surface area (Å²) in [5.74, 6) is -0.510. The van der Waals surface area contributed by atoms with Gasteiger partial charge in [0, 0.05) is 12.0 Å². The van der Waals surface area contributed by atoms with Gasteiger partial charge in [-0.2, -0.15) is 0 Å². The zero-order valence-corrected chi connectivity index (χ0v) is 11.1. The smallest absolute Gasteiger partial charge is 0.123 e. The average Bonchev–Trinajstić information content (AvgIpc) is 2.40. The van der Waals surface area contributed by atoms with E-state index in [1.165, 1.54) is 24.3 Å². The molecule has 19 heavy (non-hydrogen) atoms. The summed E-state index contributed by atoms with van der Waals surface area (Å²) in [4.78, 5) is 0. The van der Waals surface area contributed by atoms with Crippen molar-refractivity contribution in [1.29, 1.82) is 0 Å². The van der Waals surface area contributed by atoms with Gasteiger partial charge in [0.15, 0.2) is 0 Å². The Morgan fingerprint density at radius 3 is 1.53 bits per heavy atom. The van der Waals surface area contributed by atoms with Gasteiger partial charge >= 0.3 is 0 Å². The van der Waals surface area contributed by atoms with Gasteiger partial charge in [0.2, 0.25) is 0 Å². The van der Waals surface area contributed by atoms with E-state index in [1.54, 1.807) is 24.3 Å². The summed E-state index contributed by atoms with van der Waals surface area (Å²) < 4.78 is 26.1. The van der Waals surface area contributed by atoms with Crippen molar-refractivity contribution in [2.45, 2.75) is 12.3 Å². The van der Waals surface area contributed by atoms with Crippen molar-refractivity contribution >= 4 is 0 Å². The van der Waals surface area contributed by atoms with Crippen molar-refractivity contribution < 1.29 is 8.78 Å². The lowest BCUT2D eigenvalue weighted by molar-refractivity contribution is 0.528. The molecule has 0 atom stereocenters. The molecule has 1 nitrogen and oxygen atoms in total. The molecule has 0 aliphatic heterocycles. The number of hydrogen-bond acceptors (Lipinski definition) is 1. The number of rotatable bonds is 4. The summed E-state index contributed by atoms with van der Waals surface area (Å²) in [6, 6.07) is 12.9. The van der Waals surface area contributed by atoms with Crippen LogP contribution in [0.5, 0.6) is 0 Å². The lowest BCUT2D eigenvalue weighted by Gasteiger charge is -2.31. The zero-order valence-electron chi connectivity index (χ0n) is 11.1. The van der Waals surface area contributed by atoms with Crippen molar-refractivity contribution in [2.24, 2.45) is 0 Å². The fraction of sp³-hybridized carbons (Fsp3) is 0.250. The van der Waals surface area contributed by atoms with Gasteiger partial charge in [-0.25, -0.2) is 8.78 Å². The normalized spacial score (nSPS) is 11.6. The Labute approximate surface area is 112 Å². The maximum Gasteiger partial charge on any atom is 0.123 e. The van der Waals surface area contributed by atoms with Crippen LogP contribution in [-0.4, -0.2) is 13.6 Å². The molecular formula is C16H17F2N. The molecule has 3 heteroatoms. The molecule has 2 aromatic rings. The minimum atomic E-state index is -0.323. The van der Waals surface area contributed by atoms with Crippen LogP contribution in [0.25, 0.3) is 0 Å². The first-order valence-electron chi connectivity index (χ1n) is 6.23. The monoisotopic (exact) mass is 261 g/mol. The van der Waals surface area contributed by atoms with E-state index in [-0.39, 0.29) is 17.0 Å². The van der Waals surface area contributed by atoms with Gasteiger partial charge in [-0.05, 0) is 42.4 Å². The van der Waals surface area contributed by atoms with E-state index in [4.69, 9.17) is 0 Å². The first-order valence-corrected chi connectivity index (χ1v) is 6.23. The lowest BCUT2D eigenvalue weighted by Crippen LogP contribution is -2.35. The highest BCUT2D eigenvalue weighted by Crippen LogP contribution is 2.31. The maximum absolute atomic E-state index is 13.1. The Kier molecular flexibility index (Phi) is 3.96. The molecule has 0 spiro atoms. The highest BCUT2D eigenvalue weighted by atomic mass is 19.1. The van der Waals surface area contributed by atoms with E-state index in [0.717, 1.165) is 11.1 Å². The lowest BCUT2D eigenvalue weighted by atomic mass is 9.76. The molecular weight excluding hydrogens is 244 g/mol. The Hall–Kier alpha value is -1.74. The highest BCUT2D eigenvalue weighted by molar-refractivity contribution is 5.39.